The molecule has 2 heterocycles. The van der Waals surface area contributed by atoms with Crippen LogP contribution in [0.15, 0.2) is 59.0 Å². The predicted octanol–water partition coefficient (Wildman–Crippen LogP) is 0.380. The second-order valence-electron chi connectivity index (χ2n) is 5.88. The summed E-state index contributed by atoms with van der Waals surface area (Å²) in [5.74, 6) is 1.77. The van der Waals surface area contributed by atoms with Crippen LogP contribution in [0, 0.1) is 0 Å². The first-order valence-corrected chi connectivity index (χ1v) is 8.40. The minimum atomic E-state index is 0. The Balaban J connectivity index is 0.00000182. The van der Waals surface area contributed by atoms with E-state index in [4.69, 9.17) is 4.42 Å². The van der Waals surface area contributed by atoms with Gasteiger partial charge in [-0.05, 0) is 17.7 Å². The van der Waals surface area contributed by atoms with Crippen molar-refractivity contribution < 1.29 is 22.1 Å². The average molecular weight is 354 g/mol. The van der Waals surface area contributed by atoms with Gasteiger partial charge in [-0.3, -0.25) is 5.32 Å². The number of hydrogen-bond acceptors (Lipinski definition) is 3. The molecule has 2 aromatic carbocycles. The van der Waals surface area contributed by atoms with Gasteiger partial charge in [-0.25, -0.2) is 4.98 Å². The summed E-state index contributed by atoms with van der Waals surface area (Å²) < 4.78 is 6.03. The number of benzene rings is 2. The number of para-hydroxylation sites is 1. The zero-order valence-corrected chi connectivity index (χ0v) is 14.8. The van der Waals surface area contributed by atoms with E-state index in [1.165, 1.54) is 5.56 Å². The van der Waals surface area contributed by atoms with Crippen molar-refractivity contribution in [3.63, 3.8) is 0 Å². The molecule has 0 atom stereocenters. The second-order valence-corrected chi connectivity index (χ2v) is 5.88. The van der Waals surface area contributed by atoms with Crippen LogP contribution in [0.25, 0.3) is 22.1 Å². The van der Waals surface area contributed by atoms with Gasteiger partial charge in [0.1, 0.15) is 16.9 Å². The molecule has 0 fully saturated rings. The normalized spacial score (nSPS) is 10.9. The summed E-state index contributed by atoms with van der Waals surface area (Å²) in [6.07, 6.45) is 1.81. The van der Waals surface area contributed by atoms with Crippen molar-refractivity contribution in [3.05, 3.63) is 66.0 Å². The minimum absolute atomic E-state index is 0. The number of fused-ring (bicyclic) bond motifs is 3. The fourth-order valence-corrected chi connectivity index (χ4v) is 2.98. The Bertz CT molecular complexity index is 982. The van der Waals surface area contributed by atoms with Gasteiger partial charge in [0.05, 0.1) is 6.54 Å². The molecule has 25 heavy (non-hydrogen) atoms. The lowest BCUT2D eigenvalue weighted by Crippen LogP contribution is -3.00. The van der Waals surface area contributed by atoms with E-state index in [9.17, 15) is 0 Å². The molecule has 128 valence electrons. The van der Waals surface area contributed by atoms with E-state index >= 15 is 0 Å². The summed E-state index contributed by atoms with van der Waals surface area (Å²) in [5, 5.41) is 3.22. The Hall–Kier alpha value is -2.43. The van der Waals surface area contributed by atoms with Gasteiger partial charge >= 0.3 is 0 Å². The van der Waals surface area contributed by atoms with Crippen molar-refractivity contribution in [2.45, 2.75) is 19.8 Å². The maximum Gasteiger partial charge on any atom is 0.272 e. The molecule has 0 aliphatic heterocycles. The molecule has 0 aliphatic rings. The molecule has 0 saturated carbocycles. The van der Waals surface area contributed by atoms with Gasteiger partial charge in [-0.15, -0.1) is 0 Å². The maximum absolute atomic E-state index is 6.03. The SMILES string of the molecule is CCc1nc([NH2+]CCc2ccccc2)c2oc3ccccc3c2n1.[Cl-]. The van der Waals surface area contributed by atoms with Crippen LogP contribution in [0.5, 0.6) is 0 Å². The number of halogens is 1. The number of hydrogen-bond donors (Lipinski definition) is 1. The van der Waals surface area contributed by atoms with Crippen LogP contribution in [0.3, 0.4) is 0 Å². The predicted molar refractivity (Wildman–Crippen MR) is 95.3 cm³/mol. The van der Waals surface area contributed by atoms with E-state index in [1.54, 1.807) is 0 Å². The number of aromatic nitrogens is 2. The highest BCUT2D eigenvalue weighted by atomic mass is 35.5. The third-order valence-electron chi connectivity index (χ3n) is 4.22. The number of aryl methyl sites for hydroxylation is 1. The number of quaternary nitrogens is 1. The van der Waals surface area contributed by atoms with Crippen LogP contribution in [-0.4, -0.2) is 16.5 Å². The fraction of sp³-hybridized carbons (Fsp3) is 0.200. The van der Waals surface area contributed by atoms with Crippen LogP contribution in [-0.2, 0) is 12.8 Å². The average Bonchev–Trinajstić information content (AvgIpc) is 3.01. The lowest BCUT2D eigenvalue weighted by atomic mass is 10.1. The van der Waals surface area contributed by atoms with E-state index in [0.717, 1.165) is 53.1 Å². The molecule has 0 amide bonds. The number of furan rings is 1. The smallest absolute Gasteiger partial charge is 0.272 e. The highest BCUT2D eigenvalue weighted by molar-refractivity contribution is 6.04. The first kappa shape index (κ1) is 17.4. The van der Waals surface area contributed by atoms with Crippen molar-refractivity contribution in [1.29, 1.82) is 0 Å². The van der Waals surface area contributed by atoms with E-state index in [1.807, 2.05) is 24.3 Å². The zero-order chi connectivity index (χ0) is 16.4. The topological polar surface area (TPSA) is 55.5 Å². The number of nitrogens with zero attached hydrogens (tertiary/aromatic N) is 2. The van der Waals surface area contributed by atoms with Gasteiger partial charge in [-0.2, -0.15) is 4.98 Å². The fourth-order valence-electron chi connectivity index (χ4n) is 2.98. The van der Waals surface area contributed by atoms with Crippen LogP contribution < -0.4 is 17.7 Å². The van der Waals surface area contributed by atoms with Crippen LogP contribution >= 0.6 is 0 Å². The third-order valence-corrected chi connectivity index (χ3v) is 4.22. The molecule has 0 saturated heterocycles. The Morgan fingerprint density at radius 2 is 1.72 bits per heavy atom. The van der Waals surface area contributed by atoms with Gasteiger partial charge in [0, 0.05) is 18.2 Å². The van der Waals surface area contributed by atoms with Crippen molar-refractivity contribution in [1.82, 2.24) is 9.97 Å². The van der Waals surface area contributed by atoms with E-state index in [0.29, 0.717) is 0 Å². The molecule has 0 unspecified atom stereocenters. The Kier molecular flexibility index (Phi) is 5.31. The zero-order valence-electron chi connectivity index (χ0n) is 14.1. The highest BCUT2D eigenvalue weighted by Gasteiger charge is 2.17. The van der Waals surface area contributed by atoms with Crippen molar-refractivity contribution >= 4 is 27.9 Å². The molecular formula is C20H20ClN3O. The number of nitrogens with two attached hydrogens (primary N) is 1. The summed E-state index contributed by atoms with van der Waals surface area (Å²) in [7, 11) is 0. The molecule has 2 aromatic heterocycles. The molecule has 4 aromatic rings. The van der Waals surface area contributed by atoms with Crippen molar-refractivity contribution in [2.24, 2.45) is 0 Å². The van der Waals surface area contributed by atoms with E-state index < -0.39 is 0 Å². The molecule has 4 rings (SSSR count). The summed E-state index contributed by atoms with van der Waals surface area (Å²) in [6.45, 7) is 3.01. The largest absolute Gasteiger partial charge is 1.00 e. The van der Waals surface area contributed by atoms with Crippen LogP contribution in [0.2, 0.25) is 0 Å². The molecule has 0 radical (unpaired) electrons. The van der Waals surface area contributed by atoms with Gasteiger partial charge in [0.2, 0.25) is 5.58 Å². The third kappa shape index (κ3) is 3.50. The molecular weight excluding hydrogens is 334 g/mol. The molecule has 2 N–H and O–H groups in total. The minimum Gasteiger partial charge on any atom is -1.00 e. The molecule has 4 nitrogen and oxygen atoms in total. The van der Waals surface area contributed by atoms with E-state index in [2.05, 4.69) is 52.5 Å². The van der Waals surface area contributed by atoms with Crippen molar-refractivity contribution in [2.75, 3.05) is 6.54 Å². The van der Waals surface area contributed by atoms with Crippen LogP contribution in [0.1, 0.15) is 18.3 Å². The summed E-state index contributed by atoms with van der Waals surface area (Å²) in [4.78, 5) is 9.37. The van der Waals surface area contributed by atoms with Crippen molar-refractivity contribution in [3.8, 4) is 0 Å². The highest BCUT2D eigenvalue weighted by Crippen LogP contribution is 2.29. The summed E-state index contributed by atoms with van der Waals surface area (Å²) >= 11 is 0. The maximum atomic E-state index is 6.03. The summed E-state index contributed by atoms with van der Waals surface area (Å²) in [5.41, 5.74) is 3.91. The first-order valence-electron chi connectivity index (χ1n) is 8.40. The first-order chi connectivity index (χ1) is 11.8. The van der Waals surface area contributed by atoms with Gasteiger partial charge in [0.25, 0.3) is 5.82 Å². The molecule has 0 aliphatic carbocycles. The van der Waals surface area contributed by atoms with Crippen LogP contribution in [0.4, 0.5) is 5.82 Å². The number of rotatable bonds is 5. The Morgan fingerprint density at radius 3 is 2.52 bits per heavy atom. The lowest BCUT2D eigenvalue weighted by molar-refractivity contribution is -0.573. The van der Waals surface area contributed by atoms with Gasteiger partial charge < -0.3 is 16.8 Å². The second kappa shape index (κ2) is 7.64. The van der Waals surface area contributed by atoms with Gasteiger partial charge in [0.15, 0.2) is 0 Å². The molecule has 0 bridgehead atoms. The summed E-state index contributed by atoms with van der Waals surface area (Å²) in [6, 6.07) is 18.5. The Morgan fingerprint density at radius 1 is 0.960 bits per heavy atom. The standard InChI is InChI=1S/C20H19N3O.ClH/c1-2-17-22-18-15-10-6-7-11-16(15)24-19(18)20(23-17)21-13-12-14-8-4-3-5-9-14;/h3-11H,2,12-13H2,1H3,(H,21,22,23);1H. The molecule has 0 spiro atoms. The molecule has 5 heteroatoms. The lowest BCUT2D eigenvalue weighted by Gasteiger charge is -2.03. The quantitative estimate of drug-likeness (QED) is 0.564. The monoisotopic (exact) mass is 353 g/mol. The van der Waals surface area contributed by atoms with Gasteiger partial charge in [-0.1, -0.05) is 49.4 Å². The Labute approximate surface area is 152 Å². The van der Waals surface area contributed by atoms with E-state index in [-0.39, 0.29) is 12.4 Å².